The van der Waals surface area contributed by atoms with Crippen molar-refractivity contribution in [2.24, 2.45) is 0 Å². The number of fused-ring (bicyclic) bond motifs is 2. The highest BCUT2D eigenvalue weighted by Crippen LogP contribution is 2.57. The third kappa shape index (κ3) is 4.65. The summed E-state index contributed by atoms with van der Waals surface area (Å²) in [4.78, 5) is 25.7. The van der Waals surface area contributed by atoms with E-state index in [1.165, 1.54) is 33.5 Å². The Morgan fingerprint density at radius 3 is 2.14 bits per heavy atom. The second-order valence-corrected chi connectivity index (χ2v) is 7.94. The minimum atomic E-state index is -0.678. The molecule has 11 heteroatoms. The van der Waals surface area contributed by atoms with Crippen LogP contribution in [0.15, 0.2) is 17.7 Å². The van der Waals surface area contributed by atoms with Crippen molar-refractivity contribution in [2.75, 3.05) is 41.5 Å². The zero-order valence-corrected chi connectivity index (χ0v) is 20.9. The molecule has 2 aromatic rings. The van der Waals surface area contributed by atoms with Crippen LogP contribution in [0.5, 0.6) is 34.5 Å². The Morgan fingerprint density at radius 2 is 1.57 bits per heavy atom. The van der Waals surface area contributed by atoms with Crippen LogP contribution >= 0.6 is 0 Å². The van der Waals surface area contributed by atoms with E-state index >= 15 is 0 Å². The fourth-order valence-corrected chi connectivity index (χ4v) is 4.07. The summed E-state index contributed by atoms with van der Waals surface area (Å²) in [5, 5.41) is 12.5. The van der Waals surface area contributed by atoms with Gasteiger partial charge in [0.05, 0.1) is 26.9 Å². The molecule has 11 nitrogen and oxygen atoms in total. The zero-order valence-electron chi connectivity index (χ0n) is 20.9. The molecule has 37 heavy (non-hydrogen) atoms. The molecule has 0 unspecified atom stereocenters. The number of unbranched alkanes of at least 4 members (excludes halogenated alkanes) is 1. The highest BCUT2D eigenvalue weighted by Gasteiger charge is 2.36. The van der Waals surface area contributed by atoms with Crippen molar-refractivity contribution < 1.29 is 42.7 Å². The first-order valence-electron chi connectivity index (χ1n) is 11.5. The molecule has 0 atom stereocenters. The summed E-state index contributed by atoms with van der Waals surface area (Å²) in [5.74, 6) is 0.387. The van der Waals surface area contributed by atoms with E-state index in [4.69, 9.17) is 33.2 Å². The summed E-state index contributed by atoms with van der Waals surface area (Å²) in [5.41, 5.74) is 0.871. The molecule has 0 radical (unpaired) electrons. The Bertz CT molecular complexity index is 1310. The lowest BCUT2D eigenvalue weighted by Gasteiger charge is -2.18. The minimum Gasteiger partial charge on any atom is -0.493 e. The van der Waals surface area contributed by atoms with Gasteiger partial charge in [-0.15, -0.1) is 0 Å². The predicted molar refractivity (Wildman–Crippen MR) is 130 cm³/mol. The van der Waals surface area contributed by atoms with Gasteiger partial charge >= 0.3 is 5.97 Å². The van der Waals surface area contributed by atoms with E-state index in [0.717, 1.165) is 12.8 Å². The van der Waals surface area contributed by atoms with Crippen LogP contribution in [0.2, 0.25) is 0 Å². The molecular formula is C26H26N2O9. The molecule has 1 N–H and O–H groups in total. The number of amides is 1. The lowest BCUT2D eigenvalue weighted by atomic mass is 9.91. The van der Waals surface area contributed by atoms with Crippen LogP contribution in [0, 0.1) is 11.3 Å². The number of esters is 1. The van der Waals surface area contributed by atoms with Crippen LogP contribution in [0.3, 0.4) is 0 Å². The van der Waals surface area contributed by atoms with Crippen LogP contribution in [0.25, 0.3) is 17.2 Å². The van der Waals surface area contributed by atoms with Gasteiger partial charge in [-0.25, -0.2) is 4.79 Å². The maximum absolute atomic E-state index is 12.9. The topological polar surface area (TPSA) is 135 Å². The molecule has 4 rings (SSSR count). The molecule has 0 bridgehead atoms. The number of hydrogen-bond donors (Lipinski definition) is 1. The lowest BCUT2D eigenvalue weighted by Crippen LogP contribution is -2.25. The molecule has 2 aliphatic heterocycles. The van der Waals surface area contributed by atoms with Gasteiger partial charge in [0.15, 0.2) is 23.0 Å². The number of nitrogens with zero attached hydrogens (tertiary/aromatic N) is 1. The standard InChI is InChI=1S/C26H26N2O9/c1-5-6-7-28-25(29)15(11-27)8-14-9-17(31-2)21-23(36-12-34-21)19(14)20-16(26(30)33-4)10-18(32-3)22-24(20)37-13-35-22/h8-10H,5-7,12-13H2,1-4H3,(H,28,29)/b15-8+. The molecule has 0 aliphatic carbocycles. The van der Waals surface area contributed by atoms with Gasteiger partial charge in [-0.3, -0.25) is 4.79 Å². The Kier molecular flexibility index (Phi) is 7.57. The molecule has 2 heterocycles. The summed E-state index contributed by atoms with van der Waals surface area (Å²) < 4.78 is 38.8. The number of benzene rings is 2. The first-order valence-corrected chi connectivity index (χ1v) is 11.5. The largest absolute Gasteiger partial charge is 0.493 e. The van der Waals surface area contributed by atoms with Crippen molar-refractivity contribution in [3.8, 4) is 51.7 Å². The molecule has 2 aromatic carbocycles. The highest BCUT2D eigenvalue weighted by atomic mass is 16.7. The number of carbonyl (C=O) groups excluding carboxylic acids is 2. The normalized spacial score (nSPS) is 13.1. The zero-order chi connectivity index (χ0) is 26.5. The van der Waals surface area contributed by atoms with E-state index in [9.17, 15) is 14.9 Å². The van der Waals surface area contributed by atoms with Gasteiger partial charge in [-0.1, -0.05) is 13.3 Å². The highest BCUT2D eigenvalue weighted by molar-refractivity contribution is 6.07. The van der Waals surface area contributed by atoms with Gasteiger partial charge < -0.3 is 38.5 Å². The Hall–Kier alpha value is -4.59. The van der Waals surface area contributed by atoms with E-state index in [1.807, 2.05) is 13.0 Å². The number of ether oxygens (including phenoxy) is 7. The maximum atomic E-state index is 12.9. The van der Waals surface area contributed by atoms with Gasteiger partial charge in [0.25, 0.3) is 5.91 Å². The molecule has 0 saturated heterocycles. The minimum absolute atomic E-state index is 0.0898. The lowest BCUT2D eigenvalue weighted by molar-refractivity contribution is -0.117. The fourth-order valence-electron chi connectivity index (χ4n) is 4.07. The number of nitriles is 1. The monoisotopic (exact) mass is 510 g/mol. The predicted octanol–water partition coefficient (Wildman–Crippen LogP) is 3.44. The number of carbonyl (C=O) groups is 2. The first kappa shape index (κ1) is 25.5. The van der Waals surface area contributed by atoms with Crippen LogP contribution in [0.1, 0.15) is 35.7 Å². The van der Waals surface area contributed by atoms with Crippen molar-refractivity contribution in [1.29, 1.82) is 5.26 Å². The molecule has 0 saturated carbocycles. The summed E-state index contributed by atoms with van der Waals surface area (Å²) in [6.45, 7) is 2.19. The van der Waals surface area contributed by atoms with Crippen LogP contribution in [0.4, 0.5) is 0 Å². The summed E-state index contributed by atoms with van der Waals surface area (Å²) in [6, 6.07) is 5.01. The van der Waals surface area contributed by atoms with Gasteiger partial charge in [0.1, 0.15) is 11.6 Å². The van der Waals surface area contributed by atoms with Crippen molar-refractivity contribution >= 4 is 18.0 Å². The molecule has 2 aliphatic rings. The number of methoxy groups -OCH3 is 3. The molecule has 1 amide bonds. The number of hydrogen-bond acceptors (Lipinski definition) is 10. The molecule has 194 valence electrons. The molecule has 0 spiro atoms. The van der Waals surface area contributed by atoms with Gasteiger partial charge in [-0.05, 0) is 30.2 Å². The van der Waals surface area contributed by atoms with Crippen LogP contribution in [-0.2, 0) is 9.53 Å². The number of nitrogens with one attached hydrogen (secondary N) is 1. The van der Waals surface area contributed by atoms with Gasteiger partial charge in [-0.2, -0.15) is 5.26 Å². The van der Waals surface area contributed by atoms with E-state index in [1.54, 1.807) is 6.07 Å². The van der Waals surface area contributed by atoms with Crippen LogP contribution < -0.4 is 33.7 Å². The Morgan fingerprint density at radius 1 is 0.973 bits per heavy atom. The summed E-state index contributed by atoms with van der Waals surface area (Å²) in [6.07, 6.45) is 3.05. The van der Waals surface area contributed by atoms with E-state index < -0.39 is 11.9 Å². The van der Waals surface area contributed by atoms with E-state index in [0.29, 0.717) is 29.2 Å². The van der Waals surface area contributed by atoms with Crippen molar-refractivity contribution in [3.63, 3.8) is 0 Å². The van der Waals surface area contributed by atoms with Crippen molar-refractivity contribution in [3.05, 3.63) is 28.8 Å². The fraction of sp³-hybridized carbons (Fsp3) is 0.346. The summed E-state index contributed by atoms with van der Waals surface area (Å²) in [7, 11) is 4.13. The van der Waals surface area contributed by atoms with E-state index in [-0.39, 0.29) is 53.3 Å². The summed E-state index contributed by atoms with van der Waals surface area (Å²) >= 11 is 0. The quantitative estimate of drug-likeness (QED) is 0.231. The molecule has 0 aromatic heterocycles. The van der Waals surface area contributed by atoms with Gasteiger partial charge in [0.2, 0.25) is 25.1 Å². The average Bonchev–Trinajstić information content (AvgIpc) is 3.60. The smallest absolute Gasteiger partial charge is 0.338 e. The average molecular weight is 510 g/mol. The maximum Gasteiger partial charge on any atom is 0.338 e. The molecular weight excluding hydrogens is 484 g/mol. The second kappa shape index (κ2) is 11.0. The third-order valence-electron chi connectivity index (χ3n) is 5.82. The van der Waals surface area contributed by atoms with Crippen molar-refractivity contribution in [2.45, 2.75) is 19.8 Å². The van der Waals surface area contributed by atoms with E-state index in [2.05, 4.69) is 5.32 Å². The Balaban J connectivity index is 2.03. The second-order valence-electron chi connectivity index (χ2n) is 7.94. The Labute approximate surface area is 213 Å². The van der Waals surface area contributed by atoms with Gasteiger partial charge in [0, 0.05) is 17.7 Å². The first-order chi connectivity index (χ1) is 18.0. The van der Waals surface area contributed by atoms with Crippen LogP contribution in [-0.4, -0.2) is 53.3 Å². The molecule has 0 fully saturated rings. The SMILES string of the molecule is CCCCNC(=O)/C(C#N)=C/c1cc(OC)c2c(c1-c1c(C(=O)OC)cc(OC)c3c1OCO3)OCO2. The third-order valence-corrected chi connectivity index (χ3v) is 5.82. The van der Waals surface area contributed by atoms with Crippen molar-refractivity contribution in [1.82, 2.24) is 5.32 Å². The number of rotatable bonds is 9.